The van der Waals surface area contributed by atoms with E-state index < -0.39 is 0 Å². The first kappa shape index (κ1) is 10.3. The second-order valence-electron chi connectivity index (χ2n) is 3.01. The zero-order valence-electron chi connectivity index (χ0n) is 8.45. The first-order chi connectivity index (χ1) is 6.77. The number of nitrogens with zero attached hydrogens (tertiary/aromatic N) is 1. The SMILES string of the molecule is CO/C(C)=C(/C#N)Cc1ccccc1. The summed E-state index contributed by atoms with van der Waals surface area (Å²) in [5, 5.41) is 8.90. The van der Waals surface area contributed by atoms with Crippen LogP contribution < -0.4 is 0 Å². The Morgan fingerprint density at radius 1 is 1.36 bits per heavy atom. The molecule has 0 N–H and O–H groups in total. The molecule has 2 nitrogen and oxygen atoms in total. The zero-order chi connectivity index (χ0) is 10.4. The van der Waals surface area contributed by atoms with Gasteiger partial charge >= 0.3 is 0 Å². The molecule has 0 unspecified atom stereocenters. The van der Waals surface area contributed by atoms with Gasteiger partial charge in [-0.15, -0.1) is 0 Å². The minimum absolute atomic E-state index is 0.636. The summed E-state index contributed by atoms with van der Waals surface area (Å²) in [5.74, 6) is 0.691. The Kier molecular flexibility index (Phi) is 3.75. The molecule has 0 aliphatic heterocycles. The number of allylic oxidation sites excluding steroid dienone is 2. The Morgan fingerprint density at radius 2 is 2.00 bits per heavy atom. The molecule has 0 saturated heterocycles. The fraction of sp³-hybridized carbons (Fsp3) is 0.250. The number of benzene rings is 1. The van der Waals surface area contributed by atoms with Crippen molar-refractivity contribution in [2.75, 3.05) is 7.11 Å². The van der Waals surface area contributed by atoms with Gasteiger partial charge in [0.05, 0.1) is 18.8 Å². The Labute approximate surface area is 84.4 Å². The van der Waals surface area contributed by atoms with Crippen molar-refractivity contribution < 1.29 is 4.74 Å². The minimum Gasteiger partial charge on any atom is -0.500 e. The second kappa shape index (κ2) is 5.08. The largest absolute Gasteiger partial charge is 0.500 e. The zero-order valence-corrected chi connectivity index (χ0v) is 8.45. The van der Waals surface area contributed by atoms with Gasteiger partial charge in [-0.05, 0) is 12.5 Å². The molecule has 72 valence electrons. The number of hydrogen-bond donors (Lipinski definition) is 0. The molecule has 0 aliphatic carbocycles. The molecule has 0 amide bonds. The highest BCUT2D eigenvalue weighted by molar-refractivity contribution is 5.31. The maximum Gasteiger partial charge on any atom is 0.106 e. The van der Waals surface area contributed by atoms with E-state index in [1.54, 1.807) is 7.11 Å². The second-order valence-corrected chi connectivity index (χ2v) is 3.01. The quantitative estimate of drug-likeness (QED) is 0.538. The van der Waals surface area contributed by atoms with Crippen LogP contribution in [-0.2, 0) is 11.2 Å². The van der Waals surface area contributed by atoms with Crippen LogP contribution >= 0.6 is 0 Å². The van der Waals surface area contributed by atoms with Crippen LogP contribution in [0.5, 0.6) is 0 Å². The van der Waals surface area contributed by atoms with E-state index in [0.717, 1.165) is 5.56 Å². The monoisotopic (exact) mass is 187 g/mol. The van der Waals surface area contributed by atoms with Crippen molar-refractivity contribution in [1.82, 2.24) is 0 Å². The number of methoxy groups -OCH3 is 1. The Morgan fingerprint density at radius 3 is 2.50 bits per heavy atom. The lowest BCUT2D eigenvalue weighted by atomic mass is 10.1. The van der Waals surface area contributed by atoms with Crippen molar-refractivity contribution in [3.63, 3.8) is 0 Å². The molecule has 0 fully saturated rings. The third-order valence-electron chi connectivity index (χ3n) is 2.09. The lowest BCUT2D eigenvalue weighted by Gasteiger charge is -2.03. The van der Waals surface area contributed by atoms with Crippen LogP contribution in [-0.4, -0.2) is 7.11 Å². The summed E-state index contributed by atoms with van der Waals surface area (Å²) in [6.07, 6.45) is 0.636. The molecule has 2 heteroatoms. The Bertz CT molecular complexity index is 360. The molecular formula is C12H13NO. The summed E-state index contributed by atoms with van der Waals surface area (Å²) in [4.78, 5) is 0. The maximum atomic E-state index is 8.90. The number of hydrogen-bond acceptors (Lipinski definition) is 2. The fourth-order valence-corrected chi connectivity index (χ4v) is 1.17. The Balaban J connectivity index is 2.84. The van der Waals surface area contributed by atoms with Crippen molar-refractivity contribution in [2.24, 2.45) is 0 Å². The Hall–Kier alpha value is -1.75. The summed E-state index contributed by atoms with van der Waals surface area (Å²) in [6.45, 7) is 1.81. The van der Waals surface area contributed by atoms with E-state index in [1.807, 2.05) is 37.3 Å². The van der Waals surface area contributed by atoms with Gasteiger partial charge in [0.15, 0.2) is 0 Å². The third kappa shape index (κ3) is 2.63. The van der Waals surface area contributed by atoms with E-state index in [-0.39, 0.29) is 0 Å². The lowest BCUT2D eigenvalue weighted by molar-refractivity contribution is 0.289. The van der Waals surface area contributed by atoms with Gasteiger partial charge in [-0.1, -0.05) is 30.3 Å². The van der Waals surface area contributed by atoms with E-state index in [9.17, 15) is 0 Å². The number of ether oxygens (including phenoxy) is 1. The molecule has 0 atom stereocenters. The molecule has 0 aromatic heterocycles. The van der Waals surface area contributed by atoms with E-state index >= 15 is 0 Å². The van der Waals surface area contributed by atoms with Gasteiger partial charge in [0.1, 0.15) is 5.76 Å². The van der Waals surface area contributed by atoms with Crippen LogP contribution in [0, 0.1) is 11.3 Å². The molecule has 1 rings (SSSR count). The van der Waals surface area contributed by atoms with Gasteiger partial charge in [0.2, 0.25) is 0 Å². The predicted octanol–water partition coefficient (Wildman–Crippen LogP) is 2.67. The van der Waals surface area contributed by atoms with Crippen molar-refractivity contribution in [1.29, 1.82) is 5.26 Å². The van der Waals surface area contributed by atoms with Crippen LogP contribution in [0.3, 0.4) is 0 Å². The van der Waals surface area contributed by atoms with Gasteiger partial charge in [-0.2, -0.15) is 5.26 Å². The van der Waals surface area contributed by atoms with Gasteiger partial charge in [-0.3, -0.25) is 0 Å². The normalized spacial score (nSPS) is 11.5. The average molecular weight is 187 g/mol. The standard InChI is InChI=1S/C12H13NO/c1-10(14-2)12(9-13)8-11-6-4-3-5-7-11/h3-7H,8H2,1-2H3/b12-10+. The van der Waals surface area contributed by atoms with Gasteiger partial charge in [0.25, 0.3) is 0 Å². The van der Waals surface area contributed by atoms with E-state index in [2.05, 4.69) is 6.07 Å². The molecule has 0 saturated carbocycles. The van der Waals surface area contributed by atoms with Crippen molar-refractivity contribution >= 4 is 0 Å². The summed E-state index contributed by atoms with van der Waals surface area (Å²) >= 11 is 0. The number of rotatable bonds is 3. The first-order valence-corrected chi connectivity index (χ1v) is 4.45. The summed E-state index contributed by atoms with van der Waals surface area (Å²) < 4.78 is 5.03. The van der Waals surface area contributed by atoms with E-state index in [4.69, 9.17) is 10.00 Å². The van der Waals surface area contributed by atoms with E-state index in [0.29, 0.717) is 17.8 Å². The molecule has 14 heavy (non-hydrogen) atoms. The highest BCUT2D eigenvalue weighted by Gasteiger charge is 2.02. The topological polar surface area (TPSA) is 33.0 Å². The van der Waals surface area contributed by atoms with Crippen LogP contribution in [0.4, 0.5) is 0 Å². The third-order valence-corrected chi connectivity index (χ3v) is 2.09. The maximum absolute atomic E-state index is 8.90. The van der Waals surface area contributed by atoms with Crippen LogP contribution in [0.2, 0.25) is 0 Å². The summed E-state index contributed by atoms with van der Waals surface area (Å²) in [6, 6.07) is 12.0. The summed E-state index contributed by atoms with van der Waals surface area (Å²) in [5.41, 5.74) is 1.80. The lowest BCUT2D eigenvalue weighted by Crippen LogP contribution is -1.93. The van der Waals surface area contributed by atoms with Crippen LogP contribution in [0.1, 0.15) is 12.5 Å². The predicted molar refractivity (Wildman–Crippen MR) is 55.5 cm³/mol. The van der Waals surface area contributed by atoms with Gasteiger partial charge < -0.3 is 4.74 Å². The average Bonchev–Trinajstić information content (AvgIpc) is 2.26. The number of nitriles is 1. The smallest absolute Gasteiger partial charge is 0.106 e. The molecule has 0 radical (unpaired) electrons. The van der Waals surface area contributed by atoms with Gasteiger partial charge in [-0.25, -0.2) is 0 Å². The summed E-state index contributed by atoms with van der Waals surface area (Å²) in [7, 11) is 1.58. The molecule has 0 aliphatic rings. The van der Waals surface area contributed by atoms with Crippen LogP contribution in [0.15, 0.2) is 41.7 Å². The minimum atomic E-state index is 0.636. The molecule has 0 spiro atoms. The molecule has 1 aromatic rings. The van der Waals surface area contributed by atoms with E-state index in [1.165, 1.54) is 0 Å². The van der Waals surface area contributed by atoms with Crippen LogP contribution in [0.25, 0.3) is 0 Å². The van der Waals surface area contributed by atoms with Gasteiger partial charge in [0, 0.05) is 6.42 Å². The first-order valence-electron chi connectivity index (χ1n) is 4.45. The van der Waals surface area contributed by atoms with Crippen molar-refractivity contribution in [3.8, 4) is 6.07 Å². The molecule has 1 aromatic carbocycles. The highest BCUT2D eigenvalue weighted by Crippen LogP contribution is 2.11. The molecular weight excluding hydrogens is 174 g/mol. The molecule has 0 bridgehead atoms. The molecule has 0 heterocycles. The fourth-order valence-electron chi connectivity index (χ4n) is 1.17. The highest BCUT2D eigenvalue weighted by atomic mass is 16.5. The van der Waals surface area contributed by atoms with Crippen molar-refractivity contribution in [3.05, 3.63) is 47.2 Å². The van der Waals surface area contributed by atoms with Crippen molar-refractivity contribution in [2.45, 2.75) is 13.3 Å².